The van der Waals surface area contributed by atoms with Crippen molar-refractivity contribution in [2.45, 2.75) is 12.1 Å². The van der Waals surface area contributed by atoms with Crippen LogP contribution in [0.25, 0.3) is 11.0 Å². The van der Waals surface area contributed by atoms with E-state index in [0.29, 0.717) is 0 Å². The molecule has 1 heterocycles. The van der Waals surface area contributed by atoms with Crippen LogP contribution in [0.1, 0.15) is 5.56 Å². The minimum Gasteiger partial charge on any atom is -0.322 e. The zero-order valence-corrected chi connectivity index (χ0v) is 7.97. The molecule has 0 aliphatic carbocycles. The average molecular weight is 178 g/mol. The predicted molar refractivity (Wildman–Crippen MR) is 52.7 cm³/mol. The lowest BCUT2D eigenvalue weighted by atomic mass is 10.2. The molecule has 0 aliphatic rings. The van der Waals surface area contributed by atoms with Crippen LogP contribution < -0.4 is 0 Å². The number of hydrogen-bond donors (Lipinski definition) is 1. The minimum atomic E-state index is 0.760. The number of fused-ring (bicyclic) bond motifs is 1. The van der Waals surface area contributed by atoms with Gasteiger partial charge in [-0.15, -0.1) is 12.6 Å². The number of imidazole rings is 1. The molecule has 0 amide bonds. The summed E-state index contributed by atoms with van der Waals surface area (Å²) >= 11 is 4.24. The zero-order valence-electron chi connectivity index (χ0n) is 7.07. The van der Waals surface area contributed by atoms with Gasteiger partial charge in [0.15, 0.2) is 5.16 Å². The fourth-order valence-corrected chi connectivity index (χ4v) is 1.50. The topological polar surface area (TPSA) is 17.8 Å². The van der Waals surface area contributed by atoms with E-state index in [-0.39, 0.29) is 0 Å². The molecular weight excluding hydrogens is 168 g/mol. The lowest BCUT2D eigenvalue weighted by molar-refractivity contribution is 0.819. The van der Waals surface area contributed by atoms with Crippen molar-refractivity contribution in [3.8, 4) is 0 Å². The van der Waals surface area contributed by atoms with Crippen molar-refractivity contribution >= 4 is 23.7 Å². The van der Waals surface area contributed by atoms with Gasteiger partial charge in [-0.25, -0.2) is 4.98 Å². The van der Waals surface area contributed by atoms with E-state index in [1.807, 2.05) is 17.7 Å². The van der Waals surface area contributed by atoms with Crippen molar-refractivity contribution in [2.24, 2.45) is 7.05 Å². The third-order valence-corrected chi connectivity index (χ3v) is 2.41. The van der Waals surface area contributed by atoms with E-state index in [0.717, 1.165) is 16.2 Å². The molecule has 0 saturated heterocycles. The Kier molecular flexibility index (Phi) is 1.61. The highest BCUT2D eigenvalue weighted by atomic mass is 32.1. The third kappa shape index (κ3) is 1.01. The summed E-state index contributed by atoms with van der Waals surface area (Å²) in [5.41, 5.74) is 3.40. The average Bonchev–Trinajstić information content (AvgIpc) is 2.31. The highest BCUT2D eigenvalue weighted by Crippen LogP contribution is 2.17. The van der Waals surface area contributed by atoms with Gasteiger partial charge in [0.25, 0.3) is 0 Å². The van der Waals surface area contributed by atoms with Gasteiger partial charge in [-0.05, 0) is 24.6 Å². The maximum atomic E-state index is 4.28. The number of aryl methyl sites for hydroxylation is 2. The second-order valence-corrected chi connectivity index (χ2v) is 3.36. The maximum Gasteiger partial charge on any atom is 0.165 e. The first kappa shape index (κ1) is 7.68. The fourth-order valence-electron chi connectivity index (χ4n) is 1.29. The van der Waals surface area contributed by atoms with Gasteiger partial charge in [0.05, 0.1) is 11.0 Å². The van der Waals surface area contributed by atoms with Crippen molar-refractivity contribution in [1.82, 2.24) is 9.55 Å². The Labute approximate surface area is 76.6 Å². The van der Waals surface area contributed by atoms with Gasteiger partial charge in [0, 0.05) is 7.05 Å². The standard InChI is InChI=1S/C9H10N2S/c1-6-3-4-7-8(5-6)11(2)9(12)10-7/h3-5H,1-2H3,(H,10,12). The monoisotopic (exact) mass is 178 g/mol. The second kappa shape index (κ2) is 2.52. The van der Waals surface area contributed by atoms with E-state index in [4.69, 9.17) is 0 Å². The Morgan fingerprint density at radius 3 is 2.92 bits per heavy atom. The first-order valence-electron chi connectivity index (χ1n) is 3.80. The summed E-state index contributed by atoms with van der Waals surface area (Å²) in [7, 11) is 1.97. The van der Waals surface area contributed by atoms with Crippen molar-refractivity contribution < 1.29 is 0 Å². The summed E-state index contributed by atoms with van der Waals surface area (Å²) in [6.45, 7) is 2.07. The first-order chi connectivity index (χ1) is 5.68. The van der Waals surface area contributed by atoms with Crippen LogP contribution in [0, 0.1) is 6.92 Å². The molecular formula is C9H10N2S. The number of rotatable bonds is 0. The molecule has 0 radical (unpaired) electrons. The molecule has 0 saturated carbocycles. The molecule has 2 nitrogen and oxygen atoms in total. The summed E-state index contributed by atoms with van der Waals surface area (Å²) in [4.78, 5) is 4.28. The molecule has 1 aromatic carbocycles. The van der Waals surface area contributed by atoms with E-state index in [9.17, 15) is 0 Å². The maximum absolute atomic E-state index is 4.28. The molecule has 3 heteroatoms. The zero-order chi connectivity index (χ0) is 8.72. The first-order valence-corrected chi connectivity index (χ1v) is 4.25. The predicted octanol–water partition coefficient (Wildman–Crippen LogP) is 2.17. The molecule has 0 bridgehead atoms. The Morgan fingerprint density at radius 1 is 1.42 bits per heavy atom. The summed E-state index contributed by atoms with van der Waals surface area (Å²) in [5.74, 6) is 0. The number of aromatic nitrogens is 2. The van der Waals surface area contributed by atoms with E-state index >= 15 is 0 Å². The van der Waals surface area contributed by atoms with Crippen molar-refractivity contribution in [3.05, 3.63) is 23.8 Å². The van der Waals surface area contributed by atoms with Gasteiger partial charge in [-0.3, -0.25) is 0 Å². The molecule has 2 rings (SSSR count). The van der Waals surface area contributed by atoms with Gasteiger partial charge in [-0.2, -0.15) is 0 Å². The molecule has 0 spiro atoms. The van der Waals surface area contributed by atoms with Crippen LogP contribution in [0.15, 0.2) is 23.4 Å². The smallest absolute Gasteiger partial charge is 0.165 e. The summed E-state index contributed by atoms with van der Waals surface area (Å²) in [6.07, 6.45) is 0. The molecule has 1 aromatic heterocycles. The van der Waals surface area contributed by atoms with Crippen LogP contribution in [-0.2, 0) is 7.05 Å². The Hall–Kier alpha value is -0.960. The van der Waals surface area contributed by atoms with E-state index in [1.165, 1.54) is 5.56 Å². The van der Waals surface area contributed by atoms with Gasteiger partial charge >= 0.3 is 0 Å². The van der Waals surface area contributed by atoms with Crippen LogP contribution in [0.5, 0.6) is 0 Å². The summed E-state index contributed by atoms with van der Waals surface area (Å²) in [6, 6.07) is 6.19. The Bertz CT molecular complexity index is 431. The van der Waals surface area contributed by atoms with E-state index in [1.54, 1.807) is 0 Å². The Morgan fingerprint density at radius 2 is 2.17 bits per heavy atom. The molecule has 0 N–H and O–H groups in total. The molecule has 0 fully saturated rings. The quantitative estimate of drug-likeness (QED) is 0.612. The van der Waals surface area contributed by atoms with Crippen LogP contribution >= 0.6 is 12.6 Å². The molecule has 12 heavy (non-hydrogen) atoms. The van der Waals surface area contributed by atoms with Crippen LogP contribution in [0.3, 0.4) is 0 Å². The molecule has 0 unspecified atom stereocenters. The van der Waals surface area contributed by atoms with Crippen molar-refractivity contribution in [2.75, 3.05) is 0 Å². The lowest BCUT2D eigenvalue weighted by Gasteiger charge is -1.96. The van der Waals surface area contributed by atoms with Gasteiger partial charge < -0.3 is 4.57 Å². The number of hydrogen-bond acceptors (Lipinski definition) is 2. The number of benzene rings is 1. The van der Waals surface area contributed by atoms with Gasteiger partial charge in [0.1, 0.15) is 0 Å². The largest absolute Gasteiger partial charge is 0.322 e. The van der Waals surface area contributed by atoms with Gasteiger partial charge in [-0.1, -0.05) is 6.07 Å². The fraction of sp³-hybridized carbons (Fsp3) is 0.222. The summed E-state index contributed by atoms with van der Waals surface area (Å²) in [5, 5.41) is 0.760. The normalized spacial score (nSPS) is 10.9. The van der Waals surface area contributed by atoms with Crippen LogP contribution in [0.2, 0.25) is 0 Å². The SMILES string of the molecule is Cc1ccc2nc(S)n(C)c2c1. The Balaban J connectivity index is 2.88. The second-order valence-electron chi connectivity index (χ2n) is 2.96. The number of thiol groups is 1. The van der Waals surface area contributed by atoms with Crippen molar-refractivity contribution in [3.63, 3.8) is 0 Å². The lowest BCUT2D eigenvalue weighted by Crippen LogP contribution is -1.87. The molecule has 62 valence electrons. The van der Waals surface area contributed by atoms with Crippen molar-refractivity contribution in [1.29, 1.82) is 0 Å². The highest BCUT2D eigenvalue weighted by molar-refractivity contribution is 7.80. The molecule has 0 atom stereocenters. The molecule has 2 aromatic rings. The summed E-state index contributed by atoms with van der Waals surface area (Å²) < 4.78 is 1.98. The number of nitrogens with zero attached hydrogens (tertiary/aromatic N) is 2. The van der Waals surface area contributed by atoms with E-state index in [2.05, 4.69) is 36.7 Å². The molecule has 0 aliphatic heterocycles. The van der Waals surface area contributed by atoms with Gasteiger partial charge in [0.2, 0.25) is 0 Å². The third-order valence-electron chi connectivity index (χ3n) is 2.01. The minimum absolute atomic E-state index is 0.760. The van der Waals surface area contributed by atoms with E-state index < -0.39 is 0 Å². The highest BCUT2D eigenvalue weighted by Gasteiger charge is 2.02. The van der Waals surface area contributed by atoms with Crippen LogP contribution in [-0.4, -0.2) is 9.55 Å². The van der Waals surface area contributed by atoms with Crippen LogP contribution in [0.4, 0.5) is 0 Å².